The van der Waals surface area contributed by atoms with Crippen molar-refractivity contribution in [1.29, 1.82) is 0 Å². The van der Waals surface area contributed by atoms with E-state index < -0.39 is 10.5 Å². The van der Waals surface area contributed by atoms with Crippen molar-refractivity contribution in [3.8, 4) is 0 Å². The van der Waals surface area contributed by atoms with E-state index in [2.05, 4.69) is 37.2 Å². The standard InChI is InChI=1S/C12H14Br2N2O3/c1-8-3-4-9(5-10(8)16(18)19)11(17)15-12(2,6-13)7-14/h3-5H,6-7H2,1-2H3,(H,15,17). The number of rotatable bonds is 5. The molecule has 1 aromatic carbocycles. The molecule has 0 saturated carbocycles. The molecule has 0 spiro atoms. The van der Waals surface area contributed by atoms with Gasteiger partial charge >= 0.3 is 0 Å². The van der Waals surface area contributed by atoms with E-state index in [-0.39, 0.29) is 17.2 Å². The summed E-state index contributed by atoms with van der Waals surface area (Å²) in [7, 11) is 0. The second-order valence-electron chi connectivity index (χ2n) is 4.54. The van der Waals surface area contributed by atoms with Crippen molar-refractivity contribution >= 4 is 43.5 Å². The van der Waals surface area contributed by atoms with E-state index in [4.69, 9.17) is 0 Å². The van der Waals surface area contributed by atoms with Crippen molar-refractivity contribution in [2.24, 2.45) is 0 Å². The Kier molecular flexibility index (Phi) is 5.49. The minimum atomic E-state index is -0.486. The fraction of sp³-hybridized carbons (Fsp3) is 0.417. The molecule has 0 bridgehead atoms. The molecule has 0 aliphatic rings. The molecule has 0 radical (unpaired) electrons. The van der Waals surface area contributed by atoms with E-state index in [1.165, 1.54) is 6.07 Å². The third kappa shape index (κ3) is 4.01. The van der Waals surface area contributed by atoms with Gasteiger partial charge in [0.1, 0.15) is 0 Å². The molecule has 19 heavy (non-hydrogen) atoms. The Hall–Kier alpha value is -0.950. The van der Waals surface area contributed by atoms with Crippen LogP contribution in [0.15, 0.2) is 18.2 Å². The van der Waals surface area contributed by atoms with Gasteiger partial charge in [-0.05, 0) is 19.9 Å². The quantitative estimate of drug-likeness (QED) is 0.474. The van der Waals surface area contributed by atoms with Crippen molar-refractivity contribution in [2.45, 2.75) is 19.4 Å². The number of benzene rings is 1. The number of amides is 1. The second-order valence-corrected chi connectivity index (χ2v) is 5.66. The van der Waals surface area contributed by atoms with Crippen LogP contribution >= 0.6 is 31.9 Å². The SMILES string of the molecule is Cc1ccc(C(=O)NC(C)(CBr)CBr)cc1[N+](=O)[O-]. The number of carbonyl (C=O) groups is 1. The van der Waals surface area contributed by atoms with Crippen LogP contribution < -0.4 is 5.32 Å². The highest BCUT2D eigenvalue weighted by atomic mass is 79.9. The number of alkyl halides is 2. The average Bonchev–Trinajstić information content (AvgIpc) is 2.38. The van der Waals surface area contributed by atoms with Gasteiger partial charge in [-0.2, -0.15) is 0 Å². The average molecular weight is 394 g/mol. The fourth-order valence-corrected chi connectivity index (χ4v) is 2.61. The van der Waals surface area contributed by atoms with E-state index in [0.29, 0.717) is 16.2 Å². The molecule has 5 nitrogen and oxygen atoms in total. The summed E-state index contributed by atoms with van der Waals surface area (Å²) in [6, 6.07) is 4.46. The van der Waals surface area contributed by atoms with Crippen LogP contribution in [0.2, 0.25) is 0 Å². The lowest BCUT2D eigenvalue weighted by Crippen LogP contribution is -2.48. The van der Waals surface area contributed by atoms with E-state index in [1.54, 1.807) is 19.1 Å². The Morgan fingerprint density at radius 2 is 2.00 bits per heavy atom. The molecule has 1 N–H and O–H groups in total. The van der Waals surface area contributed by atoms with E-state index in [1.807, 2.05) is 6.92 Å². The van der Waals surface area contributed by atoms with Crippen LogP contribution in [0.4, 0.5) is 5.69 Å². The zero-order chi connectivity index (χ0) is 14.6. The molecule has 104 valence electrons. The van der Waals surface area contributed by atoms with Gasteiger partial charge in [0.2, 0.25) is 0 Å². The highest BCUT2D eigenvalue weighted by molar-refractivity contribution is 9.09. The van der Waals surface area contributed by atoms with E-state index >= 15 is 0 Å². The number of halogens is 2. The summed E-state index contributed by atoms with van der Waals surface area (Å²) in [5.41, 5.74) is 0.319. The predicted molar refractivity (Wildman–Crippen MR) is 81.3 cm³/mol. The zero-order valence-electron chi connectivity index (χ0n) is 10.6. The zero-order valence-corrected chi connectivity index (χ0v) is 13.7. The van der Waals surface area contributed by atoms with E-state index in [9.17, 15) is 14.9 Å². The van der Waals surface area contributed by atoms with Crippen LogP contribution in [0.25, 0.3) is 0 Å². The highest BCUT2D eigenvalue weighted by Gasteiger charge is 2.25. The van der Waals surface area contributed by atoms with Crippen LogP contribution in [0.1, 0.15) is 22.8 Å². The van der Waals surface area contributed by atoms with Crippen LogP contribution in [0.3, 0.4) is 0 Å². The number of nitrogens with one attached hydrogen (secondary N) is 1. The van der Waals surface area contributed by atoms with Gasteiger partial charge in [-0.1, -0.05) is 37.9 Å². The van der Waals surface area contributed by atoms with Crippen molar-refractivity contribution < 1.29 is 9.72 Å². The summed E-state index contributed by atoms with van der Waals surface area (Å²) in [6.45, 7) is 3.51. The summed E-state index contributed by atoms with van der Waals surface area (Å²) in [4.78, 5) is 22.5. The Morgan fingerprint density at radius 3 is 2.47 bits per heavy atom. The van der Waals surface area contributed by atoms with Crippen LogP contribution in [0, 0.1) is 17.0 Å². The van der Waals surface area contributed by atoms with Crippen molar-refractivity contribution in [3.63, 3.8) is 0 Å². The molecule has 1 rings (SSSR count). The lowest BCUT2D eigenvalue weighted by atomic mass is 10.1. The normalized spacial score (nSPS) is 11.2. The fourth-order valence-electron chi connectivity index (χ4n) is 1.40. The molecule has 0 saturated heterocycles. The Bertz CT molecular complexity index is 502. The summed E-state index contributed by atoms with van der Waals surface area (Å²) in [5, 5.41) is 14.8. The molecular formula is C12H14Br2N2O3. The first kappa shape index (κ1) is 16.1. The summed E-state index contributed by atoms with van der Waals surface area (Å²) in [5.74, 6) is -0.329. The maximum atomic E-state index is 12.1. The molecular weight excluding hydrogens is 380 g/mol. The minimum Gasteiger partial charge on any atom is -0.345 e. The van der Waals surface area contributed by atoms with Gasteiger partial charge in [0.25, 0.3) is 11.6 Å². The molecule has 1 aromatic rings. The number of hydrogen-bond donors (Lipinski definition) is 1. The molecule has 0 atom stereocenters. The Morgan fingerprint density at radius 1 is 1.42 bits per heavy atom. The number of aryl methyl sites for hydroxylation is 1. The third-order valence-electron chi connectivity index (χ3n) is 2.67. The topological polar surface area (TPSA) is 72.2 Å². The van der Waals surface area contributed by atoms with Gasteiger partial charge in [-0.3, -0.25) is 14.9 Å². The minimum absolute atomic E-state index is 0.0490. The maximum absolute atomic E-state index is 12.1. The van der Waals surface area contributed by atoms with Crippen LogP contribution in [-0.4, -0.2) is 27.0 Å². The molecule has 0 aliphatic heterocycles. The molecule has 0 heterocycles. The molecule has 1 amide bonds. The van der Waals surface area contributed by atoms with Gasteiger partial charge < -0.3 is 5.32 Å². The molecule has 0 aliphatic carbocycles. The maximum Gasteiger partial charge on any atom is 0.273 e. The molecule has 0 fully saturated rings. The van der Waals surface area contributed by atoms with Crippen LogP contribution in [-0.2, 0) is 0 Å². The van der Waals surface area contributed by atoms with Crippen molar-refractivity contribution in [1.82, 2.24) is 5.32 Å². The number of carbonyl (C=O) groups excluding carboxylic acids is 1. The summed E-state index contributed by atoms with van der Waals surface area (Å²) in [6.07, 6.45) is 0. The first-order valence-corrected chi connectivity index (χ1v) is 7.77. The lowest BCUT2D eigenvalue weighted by molar-refractivity contribution is -0.385. The second kappa shape index (κ2) is 6.47. The molecule has 0 unspecified atom stereocenters. The first-order valence-electron chi connectivity index (χ1n) is 5.52. The predicted octanol–water partition coefficient (Wildman–Crippen LogP) is 3.18. The number of hydrogen-bond acceptors (Lipinski definition) is 3. The monoisotopic (exact) mass is 392 g/mol. The van der Waals surface area contributed by atoms with Crippen molar-refractivity contribution in [2.75, 3.05) is 10.7 Å². The van der Waals surface area contributed by atoms with Gasteiger partial charge in [0.15, 0.2) is 0 Å². The van der Waals surface area contributed by atoms with Crippen molar-refractivity contribution in [3.05, 3.63) is 39.4 Å². The number of nitrogens with zero attached hydrogens (tertiary/aromatic N) is 1. The Labute approximate surface area is 128 Å². The first-order chi connectivity index (χ1) is 8.83. The smallest absolute Gasteiger partial charge is 0.273 e. The van der Waals surface area contributed by atoms with Crippen LogP contribution in [0.5, 0.6) is 0 Å². The largest absolute Gasteiger partial charge is 0.345 e. The lowest BCUT2D eigenvalue weighted by Gasteiger charge is -2.26. The van der Waals surface area contributed by atoms with Gasteiger partial charge in [-0.15, -0.1) is 0 Å². The highest BCUT2D eigenvalue weighted by Crippen LogP contribution is 2.20. The molecule has 0 aromatic heterocycles. The Balaban J connectivity index is 3.01. The summed E-state index contributed by atoms with van der Waals surface area (Å²) < 4.78 is 0. The number of nitro groups is 1. The van der Waals surface area contributed by atoms with Gasteiger partial charge in [0.05, 0.1) is 10.5 Å². The third-order valence-corrected chi connectivity index (χ3v) is 5.15. The molecule has 7 heteroatoms. The van der Waals surface area contributed by atoms with Gasteiger partial charge in [-0.25, -0.2) is 0 Å². The summed E-state index contributed by atoms with van der Waals surface area (Å²) >= 11 is 6.66. The van der Waals surface area contributed by atoms with E-state index in [0.717, 1.165) is 0 Å². The van der Waals surface area contributed by atoms with Gasteiger partial charge in [0, 0.05) is 27.9 Å². The number of nitro benzene ring substituents is 1.